The van der Waals surface area contributed by atoms with Gasteiger partial charge in [0.15, 0.2) is 0 Å². The molecule has 0 saturated heterocycles. The maximum Gasteiger partial charge on any atom is 0.0481 e. The molecule has 0 aliphatic heterocycles. The predicted octanol–water partition coefficient (Wildman–Crippen LogP) is 1.95. The topological polar surface area (TPSA) is 12.4 Å². The van der Waals surface area contributed by atoms with Gasteiger partial charge in [-0.1, -0.05) is 13.8 Å². The fourth-order valence-electron chi connectivity index (χ4n) is 0.460. The Kier molecular flexibility index (Phi) is 4.25. The molecule has 1 nitrogen and oxygen atoms in total. The van der Waals surface area contributed by atoms with E-state index in [4.69, 9.17) is 6.42 Å². The smallest absolute Gasteiger partial charge is 0.0481 e. The summed E-state index contributed by atoms with van der Waals surface area (Å²) < 4.78 is 3.75. The molecule has 0 aromatic heterocycles. The lowest BCUT2D eigenvalue weighted by molar-refractivity contribution is 0.874. The van der Waals surface area contributed by atoms with Crippen LogP contribution in [0.2, 0.25) is 0 Å². The number of hydrogen-bond donors (Lipinski definition) is 1. The number of rotatable bonds is 2. The molecule has 0 N–H and O–H groups in total. The zero-order valence-corrected chi connectivity index (χ0v) is 6.65. The zero-order chi connectivity index (χ0) is 7.28. The van der Waals surface area contributed by atoms with Gasteiger partial charge < -0.3 is 0 Å². The lowest BCUT2D eigenvalue weighted by Gasteiger charge is -2.02. The lowest BCUT2D eigenvalue weighted by atomic mass is 10.1. The fraction of sp³-hybridized carbons (Fsp3) is 0.571. The van der Waals surface area contributed by atoms with Crippen LogP contribution in [0.4, 0.5) is 0 Å². The van der Waals surface area contributed by atoms with Crippen molar-refractivity contribution >= 4 is 18.5 Å². The summed E-state index contributed by atoms with van der Waals surface area (Å²) in [6, 6.07) is 0. The molecule has 0 spiro atoms. The van der Waals surface area contributed by atoms with Gasteiger partial charge in [-0.3, -0.25) is 0 Å². The first-order valence-electron chi connectivity index (χ1n) is 2.86. The molecular formula is C7H11NS. The van der Waals surface area contributed by atoms with Gasteiger partial charge in [-0.25, -0.2) is 4.40 Å². The quantitative estimate of drug-likeness (QED) is 0.343. The Hall–Kier alpha value is -0.420. The Morgan fingerprint density at radius 3 is 2.44 bits per heavy atom. The summed E-state index contributed by atoms with van der Waals surface area (Å²) in [5.41, 5.74) is 0.973. The standard InChI is InChI=1S/C7H11NS/c1-4-5-7(8-9)6(2)3/h1,6,9H,5H2,2-3H3. The molecule has 0 heterocycles. The molecule has 0 aliphatic carbocycles. The molecule has 0 aliphatic rings. The first-order valence-corrected chi connectivity index (χ1v) is 3.26. The van der Waals surface area contributed by atoms with Crippen LogP contribution in [0.5, 0.6) is 0 Å². The highest BCUT2D eigenvalue weighted by atomic mass is 32.1. The fourth-order valence-corrected chi connectivity index (χ4v) is 0.761. The predicted molar refractivity (Wildman–Crippen MR) is 44.7 cm³/mol. The van der Waals surface area contributed by atoms with Crippen LogP contribution in [0.15, 0.2) is 4.40 Å². The number of hydrogen-bond acceptors (Lipinski definition) is 2. The van der Waals surface area contributed by atoms with E-state index in [1.165, 1.54) is 0 Å². The highest BCUT2D eigenvalue weighted by Crippen LogP contribution is 2.01. The largest absolute Gasteiger partial charge is 0.228 e. The summed E-state index contributed by atoms with van der Waals surface area (Å²) in [4.78, 5) is 0. The van der Waals surface area contributed by atoms with Gasteiger partial charge in [-0.15, -0.1) is 12.3 Å². The molecular weight excluding hydrogens is 130 g/mol. The van der Waals surface area contributed by atoms with Gasteiger partial charge in [0.2, 0.25) is 0 Å². The highest BCUT2D eigenvalue weighted by molar-refractivity contribution is 7.79. The number of nitrogens with zero attached hydrogens (tertiary/aromatic N) is 1. The van der Waals surface area contributed by atoms with Crippen molar-refractivity contribution in [3.63, 3.8) is 0 Å². The molecule has 0 bridgehead atoms. The molecule has 0 saturated carbocycles. The van der Waals surface area contributed by atoms with Crippen LogP contribution >= 0.6 is 12.8 Å². The SMILES string of the molecule is C#CCC(=NS)C(C)C. The second-order valence-corrected chi connectivity index (χ2v) is 2.33. The summed E-state index contributed by atoms with van der Waals surface area (Å²) in [6.07, 6.45) is 5.69. The Labute approximate surface area is 62.1 Å². The summed E-state index contributed by atoms with van der Waals surface area (Å²) in [5.74, 6) is 2.94. The minimum absolute atomic E-state index is 0.415. The van der Waals surface area contributed by atoms with E-state index in [1.807, 2.05) is 13.8 Å². The van der Waals surface area contributed by atoms with Crippen LogP contribution in [-0.4, -0.2) is 5.71 Å². The molecule has 0 unspecified atom stereocenters. The van der Waals surface area contributed by atoms with Crippen molar-refractivity contribution in [1.29, 1.82) is 0 Å². The van der Waals surface area contributed by atoms with Gasteiger partial charge in [0.1, 0.15) is 0 Å². The summed E-state index contributed by atoms with van der Waals surface area (Å²) in [5, 5.41) is 0. The third kappa shape index (κ3) is 3.21. The van der Waals surface area contributed by atoms with Crippen LogP contribution in [0.1, 0.15) is 20.3 Å². The minimum Gasteiger partial charge on any atom is -0.228 e. The van der Waals surface area contributed by atoms with Crippen molar-refractivity contribution in [2.45, 2.75) is 20.3 Å². The average Bonchev–Trinajstić information content (AvgIpc) is 1.82. The van der Waals surface area contributed by atoms with Crippen molar-refractivity contribution in [1.82, 2.24) is 0 Å². The van der Waals surface area contributed by atoms with E-state index in [-0.39, 0.29) is 0 Å². The van der Waals surface area contributed by atoms with Crippen LogP contribution in [-0.2, 0) is 0 Å². The van der Waals surface area contributed by atoms with E-state index in [9.17, 15) is 0 Å². The Balaban J connectivity index is 3.89. The zero-order valence-electron chi connectivity index (χ0n) is 5.76. The van der Waals surface area contributed by atoms with E-state index in [1.54, 1.807) is 0 Å². The Morgan fingerprint density at radius 1 is 1.78 bits per heavy atom. The maximum absolute atomic E-state index is 5.08. The summed E-state index contributed by atoms with van der Waals surface area (Å²) >= 11 is 3.78. The van der Waals surface area contributed by atoms with E-state index in [0.29, 0.717) is 12.3 Å². The molecule has 50 valence electrons. The van der Waals surface area contributed by atoms with Crippen molar-refractivity contribution < 1.29 is 0 Å². The van der Waals surface area contributed by atoms with Gasteiger partial charge in [-0.05, 0) is 18.7 Å². The minimum atomic E-state index is 0.415. The van der Waals surface area contributed by atoms with Crippen molar-refractivity contribution in [3.05, 3.63) is 0 Å². The van der Waals surface area contributed by atoms with Crippen molar-refractivity contribution in [3.8, 4) is 12.3 Å². The summed E-state index contributed by atoms with van der Waals surface area (Å²) in [6.45, 7) is 4.10. The number of terminal acetylenes is 1. The molecule has 0 atom stereocenters. The molecule has 0 fully saturated rings. The van der Waals surface area contributed by atoms with Crippen molar-refractivity contribution in [2.75, 3.05) is 0 Å². The molecule has 0 aromatic carbocycles. The van der Waals surface area contributed by atoms with Gasteiger partial charge >= 0.3 is 0 Å². The molecule has 2 heteroatoms. The van der Waals surface area contributed by atoms with E-state index in [0.717, 1.165) is 5.71 Å². The third-order valence-corrected chi connectivity index (χ3v) is 1.33. The second-order valence-electron chi connectivity index (χ2n) is 2.13. The van der Waals surface area contributed by atoms with Crippen LogP contribution in [0.25, 0.3) is 0 Å². The van der Waals surface area contributed by atoms with Gasteiger partial charge in [0.05, 0.1) is 0 Å². The van der Waals surface area contributed by atoms with E-state index < -0.39 is 0 Å². The third-order valence-electron chi connectivity index (χ3n) is 1.08. The Morgan fingerprint density at radius 2 is 2.33 bits per heavy atom. The summed E-state index contributed by atoms with van der Waals surface area (Å²) in [7, 11) is 0. The van der Waals surface area contributed by atoms with Gasteiger partial charge in [-0.2, -0.15) is 0 Å². The first-order chi connectivity index (χ1) is 4.22. The van der Waals surface area contributed by atoms with Gasteiger partial charge in [0, 0.05) is 12.1 Å². The van der Waals surface area contributed by atoms with Crippen LogP contribution in [0.3, 0.4) is 0 Å². The average molecular weight is 141 g/mol. The van der Waals surface area contributed by atoms with E-state index in [2.05, 4.69) is 23.1 Å². The lowest BCUT2D eigenvalue weighted by Crippen LogP contribution is -2.04. The molecule has 0 rings (SSSR count). The normalized spacial score (nSPS) is 11.7. The van der Waals surface area contributed by atoms with Crippen LogP contribution in [0, 0.1) is 18.3 Å². The van der Waals surface area contributed by atoms with Crippen molar-refractivity contribution in [2.24, 2.45) is 10.3 Å². The molecule has 0 radical (unpaired) electrons. The first kappa shape index (κ1) is 8.58. The maximum atomic E-state index is 5.08. The highest BCUT2D eigenvalue weighted by Gasteiger charge is 2.00. The van der Waals surface area contributed by atoms with Crippen LogP contribution < -0.4 is 0 Å². The second kappa shape index (κ2) is 4.46. The van der Waals surface area contributed by atoms with E-state index >= 15 is 0 Å². The molecule has 0 aromatic rings. The monoisotopic (exact) mass is 141 g/mol. The molecule has 9 heavy (non-hydrogen) atoms. The number of thiol groups is 1. The molecule has 0 amide bonds. The van der Waals surface area contributed by atoms with Gasteiger partial charge in [0.25, 0.3) is 0 Å². The Bertz CT molecular complexity index is 141.